The molecule has 0 bridgehead atoms. The second-order valence-corrected chi connectivity index (χ2v) is 26.7. The molecule has 0 aliphatic carbocycles. The molecule has 0 saturated carbocycles. The molecule has 0 aliphatic heterocycles. The quantitative estimate of drug-likeness (QED) is 0.0222. The van der Waals surface area contributed by atoms with Gasteiger partial charge in [-0.1, -0.05) is 260 Å². The molecular weight excluding hydrogens is 1090 g/mol. The van der Waals surface area contributed by atoms with Crippen molar-refractivity contribution in [1.29, 1.82) is 0 Å². The summed E-state index contributed by atoms with van der Waals surface area (Å²) in [5, 5.41) is 10.5. The highest BCUT2D eigenvalue weighted by Crippen LogP contribution is 2.45. The van der Waals surface area contributed by atoms with Crippen molar-refractivity contribution in [1.82, 2.24) is 0 Å². The molecule has 0 aromatic heterocycles. The summed E-state index contributed by atoms with van der Waals surface area (Å²) >= 11 is 0. The molecule has 0 radical (unpaired) electrons. The van der Waals surface area contributed by atoms with Crippen LogP contribution in [0.2, 0.25) is 0 Å². The van der Waals surface area contributed by atoms with Crippen LogP contribution in [-0.2, 0) is 65.4 Å². The Morgan fingerprint density at radius 3 is 0.829 bits per heavy atom. The number of carbonyl (C=O) groups excluding carboxylic acids is 4. The van der Waals surface area contributed by atoms with Crippen molar-refractivity contribution < 1.29 is 80.2 Å². The van der Waals surface area contributed by atoms with Gasteiger partial charge in [0.05, 0.1) is 26.4 Å². The molecule has 486 valence electrons. The van der Waals surface area contributed by atoms with Crippen LogP contribution in [0, 0.1) is 11.8 Å². The first kappa shape index (κ1) is 80.1. The van der Waals surface area contributed by atoms with Crippen molar-refractivity contribution in [3.63, 3.8) is 0 Å². The van der Waals surface area contributed by atoms with Gasteiger partial charge in [-0.2, -0.15) is 0 Å². The maximum Gasteiger partial charge on any atom is 0.472 e. The monoisotopic (exact) mass is 1210 g/mol. The predicted octanol–water partition coefficient (Wildman–Crippen LogP) is 17.3. The summed E-state index contributed by atoms with van der Waals surface area (Å²) in [5.41, 5.74) is 0. The van der Waals surface area contributed by atoms with Gasteiger partial charge < -0.3 is 33.8 Å². The first-order valence-electron chi connectivity index (χ1n) is 33.0. The molecule has 5 atom stereocenters. The molecule has 0 heterocycles. The number of hydrogen-bond donors (Lipinski definition) is 3. The Labute approximate surface area is 498 Å². The molecule has 17 nitrogen and oxygen atoms in total. The lowest BCUT2D eigenvalue weighted by Gasteiger charge is -2.21. The van der Waals surface area contributed by atoms with E-state index in [0.717, 1.165) is 102 Å². The van der Waals surface area contributed by atoms with E-state index in [4.69, 9.17) is 37.0 Å². The summed E-state index contributed by atoms with van der Waals surface area (Å²) < 4.78 is 67.9. The van der Waals surface area contributed by atoms with Crippen molar-refractivity contribution in [2.45, 2.75) is 330 Å². The van der Waals surface area contributed by atoms with Crippen LogP contribution in [0.4, 0.5) is 0 Å². The van der Waals surface area contributed by atoms with E-state index in [0.29, 0.717) is 31.6 Å². The van der Waals surface area contributed by atoms with Gasteiger partial charge in [-0.05, 0) is 37.5 Å². The number of hydrogen-bond acceptors (Lipinski definition) is 15. The molecule has 0 spiro atoms. The Balaban J connectivity index is 5.24. The number of aliphatic hydroxyl groups excluding tert-OH is 1. The largest absolute Gasteiger partial charge is 0.472 e. The third-order valence-corrected chi connectivity index (χ3v) is 16.4. The van der Waals surface area contributed by atoms with Crippen LogP contribution in [0.3, 0.4) is 0 Å². The zero-order chi connectivity index (χ0) is 60.8. The van der Waals surface area contributed by atoms with Gasteiger partial charge in [0.25, 0.3) is 0 Å². The zero-order valence-corrected chi connectivity index (χ0v) is 54.6. The number of esters is 4. The Morgan fingerprint density at radius 2 is 0.561 bits per heavy atom. The van der Waals surface area contributed by atoms with Crippen LogP contribution in [0.5, 0.6) is 0 Å². The van der Waals surface area contributed by atoms with Crippen LogP contribution in [0.15, 0.2) is 0 Å². The SMILES string of the molecule is CCCCCCCCCCCCC(=O)OC[C@H](COP(=O)(O)OC[C@H](O)COP(=O)(O)OC[C@@H](COC(=O)CCCCCCCCCC(C)C)OC(=O)CCCCCCCCCCCC(C)C)OC(=O)CCCCCCCCCCCC. The van der Waals surface area contributed by atoms with Crippen molar-refractivity contribution in [2.24, 2.45) is 11.8 Å². The van der Waals surface area contributed by atoms with Crippen LogP contribution in [0.25, 0.3) is 0 Å². The average Bonchev–Trinajstić information content (AvgIpc) is 3.43. The van der Waals surface area contributed by atoms with Gasteiger partial charge in [-0.3, -0.25) is 37.3 Å². The van der Waals surface area contributed by atoms with Crippen molar-refractivity contribution in [3.8, 4) is 0 Å². The molecule has 19 heteroatoms. The number of phosphoric ester groups is 2. The standard InChI is InChI=1S/C63H122O17P2/c1-7-9-11-13-15-17-21-27-33-39-45-60(65)73-51-58(79-62(67)47-41-35-28-22-18-16-14-12-10-8-2)53-77-81(69,70)75-49-57(64)50-76-82(71,72)78-54-59(52-74-61(66)46-40-34-30-24-26-32-38-44-56(5)6)80-63(68)48-42-36-29-23-19-20-25-31-37-43-55(3)4/h55-59,64H,7-54H2,1-6H3,(H,69,70)(H,71,72)/t57-,58+,59+/m0/s1. The van der Waals surface area contributed by atoms with E-state index < -0.39 is 97.5 Å². The minimum atomic E-state index is -4.94. The van der Waals surface area contributed by atoms with Crippen molar-refractivity contribution >= 4 is 39.5 Å². The fourth-order valence-electron chi connectivity index (χ4n) is 9.35. The maximum absolute atomic E-state index is 13.0. The second-order valence-electron chi connectivity index (χ2n) is 23.7. The fraction of sp³-hybridized carbons (Fsp3) is 0.937. The highest BCUT2D eigenvalue weighted by molar-refractivity contribution is 7.47. The average molecular weight is 1210 g/mol. The summed E-state index contributed by atoms with van der Waals surface area (Å²) in [6.07, 6.45) is 37.6. The number of aliphatic hydroxyl groups is 1. The molecule has 0 saturated heterocycles. The first-order chi connectivity index (χ1) is 39.4. The van der Waals surface area contributed by atoms with Crippen molar-refractivity contribution in [2.75, 3.05) is 39.6 Å². The first-order valence-corrected chi connectivity index (χ1v) is 36.0. The molecule has 3 N–H and O–H groups in total. The zero-order valence-electron chi connectivity index (χ0n) is 52.8. The minimum Gasteiger partial charge on any atom is -0.462 e. The molecule has 0 fully saturated rings. The van der Waals surface area contributed by atoms with Gasteiger partial charge in [-0.25, -0.2) is 9.13 Å². The molecule has 0 aromatic carbocycles. The number of ether oxygens (including phenoxy) is 4. The Bertz CT molecular complexity index is 1620. The van der Waals surface area contributed by atoms with E-state index in [9.17, 15) is 43.2 Å². The van der Waals surface area contributed by atoms with Crippen LogP contribution < -0.4 is 0 Å². The predicted molar refractivity (Wildman–Crippen MR) is 326 cm³/mol. The van der Waals surface area contributed by atoms with Gasteiger partial charge in [0.2, 0.25) is 0 Å². The third-order valence-electron chi connectivity index (χ3n) is 14.5. The smallest absolute Gasteiger partial charge is 0.462 e. The molecule has 0 aliphatic rings. The number of unbranched alkanes of at least 4 members (excludes halogenated alkanes) is 32. The molecular formula is C63H122O17P2. The minimum absolute atomic E-state index is 0.104. The van der Waals surface area contributed by atoms with E-state index in [1.807, 2.05) is 0 Å². The molecule has 0 aromatic rings. The number of rotatable bonds is 62. The Morgan fingerprint density at radius 1 is 0.329 bits per heavy atom. The van der Waals surface area contributed by atoms with Crippen molar-refractivity contribution in [3.05, 3.63) is 0 Å². The third kappa shape index (κ3) is 57.2. The van der Waals surface area contributed by atoms with Crippen LogP contribution in [0.1, 0.15) is 311 Å². The fourth-order valence-corrected chi connectivity index (χ4v) is 10.9. The van der Waals surface area contributed by atoms with Crippen LogP contribution >= 0.6 is 15.6 Å². The summed E-state index contributed by atoms with van der Waals surface area (Å²) in [6, 6.07) is 0. The summed E-state index contributed by atoms with van der Waals surface area (Å²) in [7, 11) is -9.88. The van der Waals surface area contributed by atoms with Crippen LogP contribution in [-0.4, -0.2) is 96.7 Å². The van der Waals surface area contributed by atoms with E-state index in [1.165, 1.54) is 122 Å². The van der Waals surface area contributed by atoms with E-state index in [-0.39, 0.29) is 25.7 Å². The molecule has 82 heavy (non-hydrogen) atoms. The lowest BCUT2D eigenvalue weighted by molar-refractivity contribution is -0.161. The van der Waals surface area contributed by atoms with Gasteiger partial charge >= 0.3 is 39.5 Å². The lowest BCUT2D eigenvalue weighted by Crippen LogP contribution is -2.30. The van der Waals surface area contributed by atoms with Gasteiger partial charge in [0.1, 0.15) is 19.3 Å². The summed E-state index contributed by atoms with van der Waals surface area (Å²) in [5.74, 6) is -0.695. The maximum atomic E-state index is 13.0. The highest BCUT2D eigenvalue weighted by atomic mass is 31.2. The summed E-state index contributed by atoms with van der Waals surface area (Å²) in [4.78, 5) is 72.1. The molecule has 0 rings (SSSR count). The number of carbonyl (C=O) groups is 4. The van der Waals surface area contributed by atoms with Gasteiger partial charge in [-0.15, -0.1) is 0 Å². The number of phosphoric acid groups is 2. The molecule has 0 amide bonds. The lowest BCUT2D eigenvalue weighted by atomic mass is 10.0. The topological polar surface area (TPSA) is 237 Å². The highest BCUT2D eigenvalue weighted by Gasteiger charge is 2.30. The molecule has 2 unspecified atom stereocenters. The van der Waals surface area contributed by atoms with E-state index >= 15 is 0 Å². The Hall–Kier alpha value is -1.94. The van der Waals surface area contributed by atoms with Gasteiger partial charge in [0, 0.05) is 25.7 Å². The van der Waals surface area contributed by atoms with E-state index in [2.05, 4.69) is 41.5 Å². The van der Waals surface area contributed by atoms with Gasteiger partial charge in [0.15, 0.2) is 12.2 Å². The second kappa shape index (κ2) is 55.6. The Kier molecular flexibility index (Phi) is 54.3. The normalized spacial score (nSPS) is 14.3. The van der Waals surface area contributed by atoms with E-state index in [1.54, 1.807) is 0 Å². The summed E-state index contributed by atoms with van der Waals surface area (Å²) in [6.45, 7) is 9.39.